The second kappa shape index (κ2) is 5.86. The molecule has 0 bridgehead atoms. The van der Waals surface area contributed by atoms with Gasteiger partial charge >= 0.3 is 5.97 Å². The van der Waals surface area contributed by atoms with Crippen molar-refractivity contribution in [2.24, 2.45) is 5.90 Å². The number of hydrogen-bond acceptors (Lipinski definition) is 8. The highest BCUT2D eigenvalue weighted by Crippen LogP contribution is 2.05. The van der Waals surface area contributed by atoms with E-state index >= 15 is 0 Å². The highest BCUT2D eigenvalue weighted by molar-refractivity contribution is 5.74. The van der Waals surface area contributed by atoms with Gasteiger partial charge in [-0.05, 0) is 0 Å². The van der Waals surface area contributed by atoms with E-state index in [-0.39, 0.29) is 0 Å². The molecular formula is C6H13NO7. The Bertz CT molecular complexity index is 187. The Labute approximate surface area is 79.1 Å². The summed E-state index contributed by atoms with van der Waals surface area (Å²) in [5.74, 6) is 3.05. The molecule has 0 aromatic rings. The number of nitrogens with two attached hydrogens (primary N) is 1. The van der Waals surface area contributed by atoms with E-state index in [0.717, 1.165) is 0 Å². The molecule has 84 valence electrons. The molecule has 0 aromatic carbocycles. The fourth-order valence-corrected chi connectivity index (χ4v) is 0.732. The molecule has 0 aliphatic carbocycles. The van der Waals surface area contributed by atoms with Crippen LogP contribution in [0.2, 0.25) is 0 Å². The molecule has 0 spiro atoms. The number of hydrogen-bond donors (Lipinski definition) is 6. The van der Waals surface area contributed by atoms with Crippen molar-refractivity contribution in [3.8, 4) is 0 Å². The van der Waals surface area contributed by atoms with Gasteiger partial charge in [-0.1, -0.05) is 0 Å². The van der Waals surface area contributed by atoms with Gasteiger partial charge in [0.15, 0.2) is 6.10 Å². The minimum Gasteiger partial charge on any atom is -0.394 e. The van der Waals surface area contributed by atoms with Crippen molar-refractivity contribution in [2.75, 3.05) is 6.61 Å². The third-order valence-electron chi connectivity index (χ3n) is 1.61. The Hall–Kier alpha value is -0.770. The van der Waals surface area contributed by atoms with Crippen molar-refractivity contribution in [2.45, 2.75) is 24.4 Å². The van der Waals surface area contributed by atoms with Crippen LogP contribution in [0.5, 0.6) is 0 Å². The van der Waals surface area contributed by atoms with E-state index in [2.05, 4.69) is 10.7 Å². The maximum atomic E-state index is 10.6. The first kappa shape index (κ1) is 13.2. The van der Waals surface area contributed by atoms with E-state index in [1.54, 1.807) is 0 Å². The van der Waals surface area contributed by atoms with Crippen LogP contribution >= 0.6 is 0 Å². The van der Waals surface area contributed by atoms with Crippen molar-refractivity contribution in [1.29, 1.82) is 0 Å². The molecule has 0 fully saturated rings. The summed E-state index contributed by atoms with van der Waals surface area (Å²) in [5.41, 5.74) is 0. The van der Waals surface area contributed by atoms with Gasteiger partial charge in [-0.15, -0.1) is 0 Å². The van der Waals surface area contributed by atoms with Gasteiger partial charge in [0.05, 0.1) is 6.61 Å². The lowest BCUT2D eigenvalue weighted by Crippen LogP contribution is -2.49. The standard InChI is InChI=1S/C6H13NO7/c7-14-6(13)5(12)4(11)3(10)2(9)1-8/h2-5,8-12H,1,7H2/t2-,3+,4+,5-/m1/s1. The molecule has 8 nitrogen and oxygen atoms in total. The first-order valence-corrected chi connectivity index (χ1v) is 3.69. The molecule has 0 aliphatic heterocycles. The first-order valence-electron chi connectivity index (χ1n) is 3.69. The van der Waals surface area contributed by atoms with Gasteiger partial charge in [0.25, 0.3) is 0 Å². The average Bonchev–Trinajstić information content (AvgIpc) is 2.23. The third-order valence-corrected chi connectivity index (χ3v) is 1.61. The normalized spacial score (nSPS) is 19.6. The van der Waals surface area contributed by atoms with Crippen LogP contribution in [0.1, 0.15) is 0 Å². The fraction of sp³-hybridized carbons (Fsp3) is 0.833. The lowest BCUT2D eigenvalue weighted by atomic mass is 10.0. The largest absolute Gasteiger partial charge is 0.394 e. The van der Waals surface area contributed by atoms with Gasteiger partial charge in [-0.3, -0.25) is 0 Å². The maximum absolute atomic E-state index is 10.6. The van der Waals surface area contributed by atoms with Gasteiger partial charge < -0.3 is 30.4 Å². The van der Waals surface area contributed by atoms with Crippen molar-refractivity contribution in [3.05, 3.63) is 0 Å². The van der Waals surface area contributed by atoms with Gasteiger partial charge in [0.2, 0.25) is 0 Å². The summed E-state index contributed by atoms with van der Waals surface area (Å²) in [4.78, 5) is 14.1. The molecule has 8 heteroatoms. The van der Waals surface area contributed by atoms with Crippen LogP contribution in [0.25, 0.3) is 0 Å². The lowest BCUT2D eigenvalue weighted by molar-refractivity contribution is -0.170. The summed E-state index contributed by atoms with van der Waals surface area (Å²) in [6, 6.07) is 0. The molecular weight excluding hydrogens is 198 g/mol. The summed E-state index contributed by atoms with van der Waals surface area (Å²) in [7, 11) is 0. The summed E-state index contributed by atoms with van der Waals surface area (Å²) in [5, 5.41) is 44.3. The predicted octanol–water partition coefficient (Wildman–Crippen LogP) is -4.16. The number of carbonyl (C=O) groups is 1. The minimum absolute atomic E-state index is 0.831. The Morgan fingerprint density at radius 3 is 2.07 bits per heavy atom. The molecule has 4 atom stereocenters. The monoisotopic (exact) mass is 211 g/mol. The molecule has 0 unspecified atom stereocenters. The quantitative estimate of drug-likeness (QED) is 0.250. The fourth-order valence-electron chi connectivity index (χ4n) is 0.732. The maximum Gasteiger partial charge on any atom is 0.356 e. The van der Waals surface area contributed by atoms with E-state index < -0.39 is 37.0 Å². The van der Waals surface area contributed by atoms with E-state index in [1.165, 1.54) is 0 Å². The smallest absolute Gasteiger partial charge is 0.356 e. The number of carbonyl (C=O) groups excluding carboxylic acids is 1. The SMILES string of the molecule is NOC(=O)[C@H](O)[C@@H](O)[C@@H](O)[C@H](O)CO. The predicted molar refractivity (Wildman–Crippen MR) is 41.4 cm³/mol. The zero-order chi connectivity index (χ0) is 11.3. The van der Waals surface area contributed by atoms with Crippen LogP contribution in [0.3, 0.4) is 0 Å². The second-order valence-electron chi connectivity index (χ2n) is 2.61. The Morgan fingerprint density at radius 1 is 1.21 bits per heavy atom. The van der Waals surface area contributed by atoms with Crippen LogP contribution in [0, 0.1) is 0 Å². The van der Waals surface area contributed by atoms with Crippen LogP contribution in [0.4, 0.5) is 0 Å². The lowest BCUT2D eigenvalue weighted by Gasteiger charge is -2.23. The molecule has 0 aromatic heterocycles. The van der Waals surface area contributed by atoms with Gasteiger partial charge in [0.1, 0.15) is 18.3 Å². The van der Waals surface area contributed by atoms with Gasteiger partial charge in [-0.2, -0.15) is 5.90 Å². The van der Waals surface area contributed by atoms with E-state index in [1.807, 2.05) is 0 Å². The van der Waals surface area contributed by atoms with Crippen molar-refractivity contribution < 1.29 is 35.2 Å². The molecule has 0 amide bonds. The molecule has 0 rings (SSSR count). The van der Waals surface area contributed by atoms with Crippen molar-refractivity contribution >= 4 is 5.97 Å². The Balaban J connectivity index is 4.30. The molecule has 14 heavy (non-hydrogen) atoms. The highest BCUT2D eigenvalue weighted by atomic mass is 16.7. The van der Waals surface area contributed by atoms with Crippen molar-refractivity contribution in [3.63, 3.8) is 0 Å². The Morgan fingerprint density at radius 2 is 1.71 bits per heavy atom. The molecule has 0 aliphatic rings. The molecule has 0 radical (unpaired) electrons. The second-order valence-corrected chi connectivity index (χ2v) is 2.61. The molecule has 0 saturated heterocycles. The third kappa shape index (κ3) is 3.18. The molecule has 7 N–H and O–H groups in total. The zero-order valence-electron chi connectivity index (χ0n) is 7.15. The number of rotatable bonds is 5. The molecule has 0 heterocycles. The van der Waals surface area contributed by atoms with Crippen LogP contribution < -0.4 is 5.90 Å². The topological polar surface area (TPSA) is 153 Å². The molecule has 0 saturated carbocycles. The zero-order valence-corrected chi connectivity index (χ0v) is 7.15. The van der Waals surface area contributed by atoms with Gasteiger partial charge in [0, 0.05) is 0 Å². The summed E-state index contributed by atoms with van der Waals surface area (Å²) < 4.78 is 0. The van der Waals surface area contributed by atoms with E-state index in [9.17, 15) is 4.79 Å². The van der Waals surface area contributed by atoms with Gasteiger partial charge in [-0.25, -0.2) is 4.79 Å². The van der Waals surface area contributed by atoms with Crippen LogP contribution in [0.15, 0.2) is 0 Å². The van der Waals surface area contributed by atoms with Crippen LogP contribution in [-0.4, -0.2) is 62.5 Å². The van der Waals surface area contributed by atoms with Crippen LogP contribution in [-0.2, 0) is 9.63 Å². The highest BCUT2D eigenvalue weighted by Gasteiger charge is 2.34. The summed E-state index contributed by atoms with van der Waals surface area (Å²) in [6.07, 6.45) is -7.64. The minimum atomic E-state index is -2.09. The van der Waals surface area contributed by atoms with Crippen molar-refractivity contribution in [1.82, 2.24) is 0 Å². The Kier molecular flexibility index (Phi) is 5.53. The number of aliphatic hydroxyl groups is 5. The summed E-state index contributed by atoms with van der Waals surface area (Å²) in [6.45, 7) is -0.831. The van der Waals surface area contributed by atoms with E-state index in [0.29, 0.717) is 0 Å². The first-order chi connectivity index (χ1) is 6.45. The van der Waals surface area contributed by atoms with E-state index in [4.69, 9.17) is 25.5 Å². The number of aliphatic hydroxyl groups excluding tert-OH is 5. The summed E-state index contributed by atoms with van der Waals surface area (Å²) >= 11 is 0. The average molecular weight is 211 g/mol.